The molecule has 0 spiro atoms. The lowest BCUT2D eigenvalue weighted by Gasteiger charge is -2.14. The van der Waals surface area contributed by atoms with E-state index in [2.05, 4.69) is 15.4 Å². The summed E-state index contributed by atoms with van der Waals surface area (Å²) in [6.45, 7) is 1.38. The topological polar surface area (TPSA) is 114 Å². The Balaban J connectivity index is 1.83. The molecule has 0 heterocycles. The molecule has 0 aliphatic heterocycles. The normalized spacial score (nSPS) is 10.8. The quantitative estimate of drug-likeness (QED) is 0.471. The minimum atomic E-state index is -3.96. The lowest BCUT2D eigenvalue weighted by atomic mass is 10.2. The van der Waals surface area contributed by atoms with Crippen LogP contribution < -0.4 is 20.1 Å². The molecule has 0 atom stereocenters. The summed E-state index contributed by atoms with van der Waals surface area (Å²) in [5.74, 6) is -0.383. The van der Waals surface area contributed by atoms with Gasteiger partial charge < -0.3 is 15.4 Å². The Hall–Kier alpha value is -3.56. The lowest BCUT2D eigenvalue weighted by molar-refractivity contribution is -0.114. The van der Waals surface area contributed by atoms with Crippen molar-refractivity contribution >= 4 is 50.5 Å². The molecule has 0 unspecified atom stereocenters. The van der Waals surface area contributed by atoms with Gasteiger partial charge in [0.15, 0.2) is 0 Å². The van der Waals surface area contributed by atoms with E-state index in [1.165, 1.54) is 44.4 Å². The van der Waals surface area contributed by atoms with Crippen molar-refractivity contribution in [3.63, 3.8) is 0 Å². The van der Waals surface area contributed by atoms with Gasteiger partial charge in [0.2, 0.25) is 5.91 Å². The maximum absolute atomic E-state index is 12.9. The van der Waals surface area contributed by atoms with E-state index in [4.69, 9.17) is 16.3 Å². The molecule has 3 rings (SSSR count). The summed E-state index contributed by atoms with van der Waals surface area (Å²) in [5.41, 5.74) is 1.39. The van der Waals surface area contributed by atoms with E-state index in [0.29, 0.717) is 27.7 Å². The van der Waals surface area contributed by atoms with E-state index in [1.54, 1.807) is 36.4 Å². The summed E-state index contributed by atoms with van der Waals surface area (Å²) in [4.78, 5) is 23.6. The van der Waals surface area contributed by atoms with Crippen molar-refractivity contribution < 1.29 is 22.7 Å². The van der Waals surface area contributed by atoms with Crippen LogP contribution in [0.3, 0.4) is 0 Å². The van der Waals surface area contributed by atoms with Crippen LogP contribution in [0.4, 0.5) is 17.1 Å². The van der Waals surface area contributed by atoms with Gasteiger partial charge in [-0.2, -0.15) is 0 Å². The van der Waals surface area contributed by atoms with Crippen LogP contribution in [-0.2, 0) is 14.8 Å². The van der Waals surface area contributed by atoms with Gasteiger partial charge in [0.25, 0.3) is 15.9 Å². The molecule has 8 nitrogen and oxygen atoms in total. The van der Waals surface area contributed by atoms with Crippen LogP contribution in [0.2, 0.25) is 5.02 Å². The Morgan fingerprint density at radius 3 is 2.09 bits per heavy atom. The second kappa shape index (κ2) is 9.71. The predicted molar refractivity (Wildman–Crippen MR) is 124 cm³/mol. The first kappa shape index (κ1) is 23.1. The number of hydrogen-bond acceptors (Lipinski definition) is 5. The van der Waals surface area contributed by atoms with Gasteiger partial charge in [-0.1, -0.05) is 11.6 Å². The van der Waals surface area contributed by atoms with Gasteiger partial charge in [-0.25, -0.2) is 8.42 Å². The average Bonchev–Trinajstić information content (AvgIpc) is 2.75. The smallest absolute Gasteiger partial charge is 0.261 e. The number of amides is 2. The summed E-state index contributed by atoms with van der Waals surface area (Å²) in [6.07, 6.45) is 0. The van der Waals surface area contributed by atoms with Crippen molar-refractivity contribution in [2.75, 3.05) is 22.5 Å². The number of hydrogen-bond donors (Lipinski definition) is 3. The van der Waals surface area contributed by atoms with Crippen LogP contribution in [0, 0.1) is 0 Å². The Kier molecular flexibility index (Phi) is 7.01. The highest BCUT2D eigenvalue weighted by Gasteiger charge is 2.18. The van der Waals surface area contributed by atoms with Gasteiger partial charge >= 0.3 is 0 Å². The van der Waals surface area contributed by atoms with Crippen LogP contribution in [-0.4, -0.2) is 27.3 Å². The standard InChI is InChI=1S/C22H20ClN3O5S/c1-14(27)24-17-7-9-18(10-8-17)26-32(29,30)19-11-12-21(31-2)20(13-19)25-22(28)15-3-5-16(23)6-4-15/h3-13,26H,1-2H3,(H,24,27)(H,25,28). The molecule has 3 aromatic rings. The highest BCUT2D eigenvalue weighted by Crippen LogP contribution is 2.29. The molecule has 0 bridgehead atoms. The van der Waals surface area contributed by atoms with Crippen LogP contribution in [0.5, 0.6) is 5.75 Å². The Bertz CT molecular complexity index is 1240. The summed E-state index contributed by atoms with van der Waals surface area (Å²) < 4.78 is 33.4. The first-order chi connectivity index (χ1) is 15.2. The molecule has 0 aromatic heterocycles. The zero-order valence-electron chi connectivity index (χ0n) is 17.2. The summed E-state index contributed by atoms with van der Waals surface area (Å²) >= 11 is 5.85. The molecule has 10 heteroatoms. The van der Waals surface area contributed by atoms with Crippen LogP contribution >= 0.6 is 11.6 Å². The van der Waals surface area contributed by atoms with Gasteiger partial charge in [0, 0.05) is 28.9 Å². The van der Waals surface area contributed by atoms with Gasteiger partial charge in [-0.3, -0.25) is 14.3 Å². The molecule has 32 heavy (non-hydrogen) atoms. The number of carbonyl (C=O) groups is 2. The largest absolute Gasteiger partial charge is 0.495 e. The maximum atomic E-state index is 12.9. The average molecular weight is 474 g/mol. The SMILES string of the molecule is COc1ccc(S(=O)(=O)Nc2ccc(NC(C)=O)cc2)cc1NC(=O)c1ccc(Cl)cc1. The number of halogens is 1. The summed E-state index contributed by atoms with van der Waals surface area (Å²) in [6, 6.07) is 16.6. The molecule has 0 radical (unpaired) electrons. The first-order valence-electron chi connectivity index (χ1n) is 9.33. The van der Waals surface area contributed by atoms with Gasteiger partial charge in [0.1, 0.15) is 5.75 Å². The number of benzene rings is 3. The number of nitrogens with one attached hydrogen (secondary N) is 3. The van der Waals surface area contributed by atoms with Gasteiger partial charge in [0.05, 0.1) is 17.7 Å². The Labute approximate surface area is 190 Å². The molecule has 0 aliphatic carbocycles. The number of sulfonamides is 1. The molecule has 0 saturated carbocycles. The van der Waals surface area contributed by atoms with E-state index in [0.717, 1.165) is 0 Å². The molecule has 0 saturated heterocycles. The summed E-state index contributed by atoms with van der Waals surface area (Å²) in [5, 5.41) is 5.75. The molecule has 3 aromatic carbocycles. The van der Waals surface area contributed by atoms with Crippen molar-refractivity contribution in [2.24, 2.45) is 0 Å². The van der Waals surface area contributed by atoms with Crippen LogP contribution in [0.25, 0.3) is 0 Å². The number of carbonyl (C=O) groups excluding carboxylic acids is 2. The zero-order valence-corrected chi connectivity index (χ0v) is 18.8. The molecule has 2 amide bonds. The predicted octanol–water partition coefficient (Wildman–Crippen LogP) is 4.36. The van der Waals surface area contributed by atoms with E-state index < -0.39 is 15.9 Å². The number of ether oxygens (including phenoxy) is 1. The Morgan fingerprint density at radius 2 is 1.50 bits per heavy atom. The molecule has 0 fully saturated rings. The Morgan fingerprint density at radius 1 is 0.875 bits per heavy atom. The highest BCUT2D eigenvalue weighted by molar-refractivity contribution is 7.92. The van der Waals surface area contributed by atoms with Crippen LogP contribution in [0.1, 0.15) is 17.3 Å². The minimum absolute atomic E-state index is 0.0735. The summed E-state index contributed by atoms with van der Waals surface area (Å²) in [7, 11) is -2.55. The molecule has 3 N–H and O–H groups in total. The van der Waals surface area contributed by atoms with Crippen molar-refractivity contribution in [1.82, 2.24) is 0 Å². The lowest BCUT2D eigenvalue weighted by Crippen LogP contribution is -2.16. The zero-order chi connectivity index (χ0) is 23.3. The van der Waals surface area contributed by atoms with Crippen molar-refractivity contribution in [1.29, 1.82) is 0 Å². The van der Waals surface area contributed by atoms with Crippen molar-refractivity contribution in [3.05, 3.63) is 77.3 Å². The van der Waals surface area contributed by atoms with E-state index in [1.807, 2.05) is 0 Å². The molecule has 166 valence electrons. The van der Waals surface area contributed by atoms with Gasteiger partial charge in [-0.15, -0.1) is 0 Å². The van der Waals surface area contributed by atoms with E-state index >= 15 is 0 Å². The number of methoxy groups -OCH3 is 1. The minimum Gasteiger partial charge on any atom is -0.495 e. The van der Waals surface area contributed by atoms with Crippen molar-refractivity contribution in [2.45, 2.75) is 11.8 Å². The maximum Gasteiger partial charge on any atom is 0.261 e. The second-order valence-corrected chi connectivity index (χ2v) is 8.81. The van der Waals surface area contributed by atoms with Crippen LogP contribution in [0.15, 0.2) is 71.6 Å². The fourth-order valence-corrected chi connectivity index (χ4v) is 4.00. The monoisotopic (exact) mass is 473 g/mol. The first-order valence-corrected chi connectivity index (χ1v) is 11.2. The number of anilines is 3. The van der Waals surface area contributed by atoms with E-state index in [-0.39, 0.29) is 16.5 Å². The molecule has 0 aliphatic rings. The fraction of sp³-hybridized carbons (Fsp3) is 0.0909. The van der Waals surface area contributed by atoms with E-state index in [9.17, 15) is 18.0 Å². The third kappa shape index (κ3) is 5.77. The third-order valence-corrected chi connectivity index (χ3v) is 5.92. The number of rotatable bonds is 7. The molecular formula is C22H20ClN3O5S. The highest BCUT2D eigenvalue weighted by atomic mass is 35.5. The second-order valence-electron chi connectivity index (χ2n) is 6.69. The van der Waals surface area contributed by atoms with Crippen molar-refractivity contribution in [3.8, 4) is 5.75 Å². The third-order valence-electron chi connectivity index (χ3n) is 4.29. The van der Waals surface area contributed by atoms with Gasteiger partial charge in [-0.05, 0) is 66.7 Å². The fourth-order valence-electron chi connectivity index (χ4n) is 2.79. The molecular weight excluding hydrogens is 454 g/mol.